The smallest absolute Gasteiger partial charge is 0.253 e. The molecule has 0 radical (unpaired) electrons. The molecule has 0 aliphatic carbocycles. The minimum atomic E-state index is -0.0913. The number of rotatable bonds is 5. The van der Waals surface area contributed by atoms with E-state index in [1.54, 1.807) is 18.4 Å². The monoisotopic (exact) mass is 377 g/mol. The Bertz CT molecular complexity index is 1160. The van der Waals surface area contributed by atoms with Crippen LogP contribution < -0.4 is 15.6 Å². The summed E-state index contributed by atoms with van der Waals surface area (Å²) in [4.78, 5) is 19.8. The average Bonchev–Trinajstić information content (AvgIpc) is 3.12. The van der Waals surface area contributed by atoms with Crippen molar-refractivity contribution in [3.63, 3.8) is 0 Å². The van der Waals surface area contributed by atoms with E-state index in [2.05, 4.69) is 20.7 Å². The van der Waals surface area contributed by atoms with Crippen molar-refractivity contribution in [3.05, 3.63) is 74.8 Å². The molecular formula is C21H19N3O2S. The van der Waals surface area contributed by atoms with Crippen LogP contribution in [0, 0.1) is 6.92 Å². The van der Waals surface area contributed by atoms with Crippen LogP contribution in [0.5, 0.6) is 5.75 Å². The van der Waals surface area contributed by atoms with Crippen LogP contribution in [0.2, 0.25) is 0 Å². The molecule has 0 aliphatic rings. The molecule has 0 amide bonds. The number of hydrogen-bond donors (Lipinski definition) is 2. The molecule has 2 aromatic carbocycles. The van der Waals surface area contributed by atoms with Crippen molar-refractivity contribution >= 4 is 27.9 Å². The number of aromatic amines is 1. The molecule has 0 atom stereocenters. The number of aromatic nitrogens is 2. The summed E-state index contributed by atoms with van der Waals surface area (Å²) in [7, 11) is 1.63. The van der Waals surface area contributed by atoms with E-state index >= 15 is 0 Å². The van der Waals surface area contributed by atoms with Crippen LogP contribution in [-0.2, 0) is 6.54 Å². The van der Waals surface area contributed by atoms with Gasteiger partial charge in [0.1, 0.15) is 5.75 Å². The van der Waals surface area contributed by atoms with Crippen molar-refractivity contribution in [2.45, 2.75) is 13.5 Å². The number of ether oxygens (including phenoxy) is 1. The molecule has 0 fully saturated rings. The third-order valence-corrected chi connectivity index (χ3v) is 5.16. The highest BCUT2D eigenvalue weighted by Crippen LogP contribution is 2.24. The maximum atomic E-state index is 12.4. The van der Waals surface area contributed by atoms with E-state index in [0.717, 1.165) is 38.6 Å². The summed E-state index contributed by atoms with van der Waals surface area (Å²) in [5.41, 5.74) is 4.35. The lowest BCUT2D eigenvalue weighted by atomic mass is 10.1. The van der Waals surface area contributed by atoms with E-state index in [-0.39, 0.29) is 5.56 Å². The molecule has 6 heteroatoms. The quantitative estimate of drug-likeness (QED) is 0.534. The number of benzene rings is 2. The van der Waals surface area contributed by atoms with Gasteiger partial charge in [-0.05, 0) is 43.3 Å². The van der Waals surface area contributed by atoms with Crippen molar-refractivity contribution in [1.82, 2.24) is 9.97 Å². The first-order chi connectivity index (χ1) is 13.1. The van der Waals surface area contributed by atoms with Gasteiger partial charge in [0, 0.05) is 39.6 Å². The van der Waals surface area contributed by atoms with Gasteiger partial charge in [-0.3, -0.25) is 4.79 Å². The number of nitrogens with one attached hydrogen (secondary N) is 2. The van der Waals surface area contributed by atoms with Gasteiger partial charge in [0.2, 0.25) is 0 Å². The summed E-state index contributed by atoms with van der Waals surface area (Å²) in [6.45, 7) is 2.43. The molecule has 5 nitrogen and oxygen atoms in total. The molecule has 0 bridgehead atoms. The zero-order valence-corrected chi connectivity index (χ0v) is 15.9. The van der Waals surface area contributed by atoms with Crippen LogP contribution in [0.3, 0.4) is 0 Å². The third kappa shape index (κ3) is 3.71. The second-order valence-corrected chi connectivity index (χ2v) is 7.33. The summed E-state index contributed by atoms with van der Waals surface area (Å²) in [5, 5.41) is 7.37. The summed E-state index contributed by atoms with van der Waals surface area (Å²) >= 11 is 1.63. The topological polar surface area (TPSA) is 67.0 Å². The number of aryl methyl sites for hydroxylation is 1. The average molecular weight is 377 g/mol. The number of fused-ring (bicyclic) bond motifs is 1. The highest BCUT2D eigenvalue weighted by molar-refractivity contribution is 7.09. The predicted octanol–water partition coefficient (Wildman–Crippen LogP) is 4.58. The molecule has 2 aromatic heterocycles. The van der Waals surface area contributed by atoms with Crippen LogP contribution in [0.15, 0.2) is 58.7 Å². The van der Waals surface area contributed by atoms with E-state index in [0.29, 0.717) is 12.1 Å². The molecule has 0 saturated heterocycles. The second-order valence-electron chi connectivity index (χ2n) is 6.26. The van der Waals surface area contributed by atoms with Gasteiger partial charge in [0.25, 0.3) is 5.56 Å². The van der Waals surface area contributed by atoms with Crippen LogP contribution >= 0.6 is 11.3 Å². The molecule has 0 unspecified atom stereocenters. The minimum absolute atomic E-state index is 0.0913. The number of pyridine rings is 1. The maximum absolute atomic E-state index is 12.4. The summed E-state index contributed by atoms with van der Waals surface area (Å²) in [5.74, 6) is 0.764. The number of methoxy groups -OCH3 is 1. The van der Waals surface area contributed by atoms with E-state index in [4.69, 9.17) is 4.74 Å². The fourth-order valence-corrected chi connectivity index (χ4v) is 3.59. The predicted molar refractivity (Wildman–Crippen MR) is 111 cm³/mol. The van der Waals surface area contributed by atoms with Crippen molar-refractivity contribution in [1.29, 1.82) is 0 Å². The van der Waals surface area contributed by atoms with Gasteiger partial charge in [-0.25, -0.2) is 4.98 Å². The third-order valence-electron chi connectivity index (χ3n) is 4.39. The van der Waals surface area contributed by atoms with Gasteiger partial charge in [-0.2, -0.15) is 0 Å². The normalized spacial score (nSPS) is 10.9. The number of anilines is 1. The molecule has 27 heavy (non-hydrogen) atoms. The SMILES string of the molecule is COc1ccc2[nH]c(=O)c(CNc3cccc(-c4csc(C)n4)c3)cc2c1. The lowest BCUT2D eigenvalue weighted by Crippen LogP contribution is -2.15. The molecule has 2 heterocycles. The fraction of sp³-hybridized carbons (Fsp3) is 0.143. The van der Waals surface area contributed by atoms with Gasteiger partial charge in [0.15, 0.2) is 0 Å². The maximum Gasteiger partial charge on any atom is 0.253 e. The standard InChI is InChI=1S/C21H19N3O2S/c1-13-23-20(12-27-13)14-4-3-5-17(9-14)22-11-16-8-15-10-18(26-2)6-7-19(15)24-21(16)25/h3-10,12,22H,11H2,1-2H3,(H,24,25). The van der Waals surface area contributed by atoms with E-state index < -0.39 is 0 Å². The number of thiazole rings is 1. The Morgan fingerprint density at radius 1 is 1.19 bits per heavy atom. The number of nitrogens with zero attached hydrogens (tertiary/aromatic N) is 1. The van der Waals surface area contributed by atoms with Crippen molar-refractivity contribution in [3.8, 4) is 17.0 Å². The summed E-state index contributed by atoms with van der Waals surface area (Å²) in [6.07, 6.45) is 0. The molecule has 4 aromatic rings. The Labute approximate surface area is 160 Å². The van der Waals surface area contributed by atoms with Crippen LogP contribution in [-0.4, -0.2) is 17.1 Å². The molecule has 0 aliphatic heterocycles. The Balaban J connectivity index is 1.58. The molecule has 4 rings (SSSR count). The Morgan fingerprint density at radius 2 is 2.07 bits per heavy atom. The van der Waals surface area contributed by atoms with E-state index in [9.17, 15) is 4.79 Å². The van der Waals surface area contributed by atoms with Crippen LogP contribution in [0.4, 0.5) is 5.69 Å². The first-order valence-electron chi connectivity index (χ1n) is 8.59. The van der Waals surface area contributed by atoms with E-state index in [1.807, 2.05) is 55.5 Å². The van der Waals surface area contributed by atoms with Crippen molar-refractivity contribution < 1.29 is 4.74 Å². The van der Waals surface area contributed by atoms with Gasteiger partial charge >= 0.3 is 0 Å². The van der Waals surface area contributed by atoms with Crippen molar-refractivity contribution in [2.75, 3.05) is 12.4 Å². The largest absolute Gasteiger partial charge is 0.497 e. The second kappa shape index (κ2) is 7.25. The summed E-state index contributed by atoms with van der Waals surface area (Å²) in [6, 6.07) is 15.6. The van der Waals surface area contributed by atoms with E-state index in [1.165, 1.54) is 0 Å². The fourth-order valence-electron chi connectivity index (χ4n) is 2.97. The zero-order chi connectivity index (χ0) is 18.8. The molecule has 0 saturated carbocycles. The first-order valence-corrected chi connectivity index (χ1v) is 9.47. The molecule has 0 spiro atoms. The van der Waals surface area contributed by atoms with Gasteiger partial charge in [-0.1, -0.05) is 12.1 Å². The van der Waals surface area contributed by atoms with Crippen molar-refractivity contribution in [2.24, 2.45) is 0 Å². The number of H-pyrrole nitrogens is 1. The van der Waals surface area contributed by atoms with Crippen LogP contribution in [0.25, 0.3) is 22.2 Å². The highest BCUT2D eigenvalue weighted by Gasteiger charge is 2.06. The van der Waals surface area contributed by atoms with Gasteiger partial charge < -0.3 is 15.0 Å². The Hall–Kier alpha value is -3.12. The molecular weight excluding hydrogens is 358 g/mol. The van der Waals surface area contributed by atoms with Gasteiger partial charge in [0.05, 0.1) is 17.8 Å². The van der Waals surface area contributed by atoms with Crippen LogP contribution in [0.1, 0.15) is 10.6 Å². The van der Waals surface area contributed by atoms with Gasteiger partial charge in [-0.15, -0.1) is 11.3 Å². The minimum Gasteiger partial charge on any atom is -0.497 e. The summed E-state index contributed by atoms with van der Waals surface area (Å²) < 4.78 is 5.27. The lowest BCUT2D eigenvalue weighted by Gasteiger charge is -2.09. The first kappa shape index (κ1) is 17.3. The Kier molecular flexibility index (Phi) is 4.64. The zero-order valence-electron chi connectivity index (χ0n) is 15.1. The number of hydrogen-bond acceptors (Lipinski definition) is 5. The molecule has 136 valence electrons. The molecule has 2 N–H and O–H groups in total. The lowest BCUT2D eigenvalue weighted by molar-refractivity contribution is 0.415. The highest BCUT2D eigenvalue weighted by atomic mass is 32.1. The Morgan fingerprint density at radius 3 is 2.85 bits per heavy atom.